The maximum Gasteiger partial charge on any atom is 0.123 e. The van der Waals surface area contributed by atoms with Gasteiger partial charge in [0.2, 0.25) is 0 Å². The fourth-order valence-corrected chi connectivity index (χ4v) is 3.42. The summed E-state index contributed by atoms with van der Waals surface area (Å²) in [5.41, 5.74) is 1.14. The van der Waals surface area contributed by atoms with Crippen molar-refractivity contribution >= 4 is 10.8 Å². The lowest BCUT2D eigenvalue weighted by Gasteiger charge is -2.23. The molecule has 1 aliphatic rings. The van der Waals surface area contributed by atoms with E-state index >= 15 is 0 Å². The van der Waals surface area contributed by atoms with Gasteiger partial charge in [0, 0.05) is 21.3 Å². The van der Waals surface area contributed by atoms with Gasteiger partial charge in [-0.3, -0.25) is 4.21 Å². The highest BCUT2D eigenvalue weighted by molar-refractivity contribution is 7.86. The smallest absolute Gasteiger partial charge is 0.123 e. The molecular formula is C15H21FOS. The molecule has 0 amide bonds. The average molecular weight is 268 g/mol. The van der Waals surface area contributed by atoms with Gasteiger partial charge in [-0.05, 0) is 63.1 Å². The van der Waals surface area contributed by atoms with Crippen LogP contribution in [0, 0.1) is 11.7 Å². The molecule has 0 aromatic heterocycles. The minimum atomic E-state index is -0.848. The molecule has 1 fully saturated rings. The Hall–Kier alpha value is -0.700. The van der Waals surface area contributed by atoms with Crippen LogP contribution in [0.1, 0.15) is 45.1 Å². The number of hydrogen-bond donors (Lipinski definition) is 0. The molecule has 1 nitrogen and oxygen atoms in total. The first kappa shape index (κ1) is 13.7. The van der Waals surface area contributed by atoms with Gasteiger partial charge in [0.05, 0.1) is 0 Å². The van der Waals surface area contributed by atoms with Crippen molar-refractivity contribution in [1.29, 1.82) is 0 Å². The van der Waals surface area contributed by atoms with Crippen LogP contribution in [0.3, 0.4) is 0 Å². The molecule has 2 atom stereocenters. The molecule has 100 valence electrons. The van der Waals surface area contributed by atoms with Crippen LogP contribution in [0.5, 0.6) is 0 Å². The maximum atomic E-state index is 13.0. The third kappa shape index (κ3) is 3.41. The number of hydrogen-bond acceptors (Lipinski definition) is 1. The molecule has 0 radical (unpaired) electrons. The van der Waals surface area contributed by atoms with Gasteiger partial charge in [-0.1, -0.05) is 12.1 Å². The van der Waals surface area contributed by atoms with E-state index in [0.717, 1.165) is 5.56 Å². The summed E-state index contributed by atoms with van der Waals surface area (Å²) < 4.78 is 25.1. The molecule has 0 spiro atoms. The second kappa shape index (κ2) is 5.12. The van der Waals surface area contributed by atoms with Crippen LogP contribution in [0.2, 0.25) is 0 Å². The Labute approximate surface area is 111 Å². The van der Waals surface area contributed by atoms with E-state index in [4.69, 9.17) is 0 Å². The van der Waals surface area contributed by atoms with Crippen LogP contribution < -0.4 is 0 Å². The molecule has 1 unspecified atom stereocenters. The van der Waals surface area contributed by atoms with Gasteiger partial charge in [0.15, 0.2) is 0 Å². The molecule has 1 saturated carbocycles. The lowest BCUT2D eigenvalue weighted by molar-refractivity contribution is 0.611. The molecule has 0 N–H and O–H groups in total. The number of halogens is 1. The van der Waals surface area contributed by atoms with E-state index in [9.17, 15) is 8.60 Å². The quantitative estimate of drug-likeness (QED) is 0.810. The molecule has 0 aliphatic heterocycles. The molecule has 1 aromatic rings. The second-order valence-electron chi connectivity index (χ2n) is 6.12. The summed E-state index contributed by atoms with van der Waals surface area (Å²) in [6.45, 7) is 6.03. The van der Waals surface area contributed by atoms with Crippen molar-refractivity contribution in [3.8, 4) is 0 Å². The first-order chi connectivity index (χ1) is 8.38. The molecule has 1 aromatic carbocycles. The van der Waals surface area contributed by atoms with Crippen molar-refractivity contribution in [1.82, 2.24) is 0 Å². The Morgan fingerprint density at radius 1 is 1.28 bits per heavy atom. The fourth-order valence-electron chi connectivity index (χ4n) is 2.13. The lowest BCUT2D eigenvalue weighted by Crippen LogP contribution is -2.27. The second-order valence-corrected chi connectivity index (χ2v) is 8.37. The van der Waals surface area contributed by atoms with E-state index in [2.05, 4.69) is 0 Å². The summed E-state index contributed by atoms with van der Waals surface area (Å²) >= 11 is 0. The monoisotopic (exact) mass is 268 g/mol. The first-order valence-electron chi connectivity index (χ1n) is 6.52. The van der Waals surface area contributed by atoms with Crippen molar-refractivity contribution < 1.29 is 8.60 Å². The lowest BCUT2D eigenvalue weighted by atomic mass is 9.96. The molecule has 18 heavy (non-hydrogen) atoms. The highest BCUT2D eigenvalue weighted by atomic mass is 32.2. The normalized spacial score (nSPS) is 19.6. The molecule has 1 aliphatic carbocycles. The van der Waals surface area contributed by atoms with Crippen LogP contribution in [0.25, 0.3) is 0 Å². The van der Waals surface area contributed by atoms with Crippen molar-refractivity contribution in [3.05, 3.63) is 35.6 Å². The van der Waals surface area contributed by atoms with Gasteiger partial charge >= 0.3 is 0 Å². The van der Waals surface area contributed by atoms with E-state index in [1.54, 1.807) is 0 Å². The fraction of sp³-hybridized carbons (Fsp3) is 0.600. The molecule has 3 heteroatoms. The third-order valence-electron chi connectivity index (χ3n) is 3.50. The SMILES string of the molecule is CC(C)(C)[S@](=O)CC(c1ccc(F)cc1)C1CC1. The third-order valence-corrected chi connectivity index (χ3v) is 5.53. The van der Waals surface area contributed by atoms with Crippen LogP contribution >= 0.6 is 0 Å². The van der Waals surface area contributed by atoms with Crippen molar-refractivity contribution in [2.75, 3.05) is 5.75 Å². The molecule has 0 bridgehead atoms. The minimum Gasteiger partial charge on any atom is -0.259 e. The first-order valence-corrected chi connectivity index (χ1v) is 7.84. The zero-order valence-corrected chi connectivity index (χ0v) is 12.1. The van der Waals surface area contributed by atoms with E-state index < -0.39 is 10.8 Å². The van der Waals surface area contributed by atoms with E-state index in [0.29, 0.717) is 17.6 Å². The molecule has 2 rings (SSSR count). The van der Waals surface area contributed by atoms with Crippen LogP contribution in [-0.4, -0.2) is 14.7 Å². The average Bonchev–Trinajstić information content (AvgIpc) is 3.09. The molecular weight excluding hydrogens is 247 g/mol. The van der Waals surface area contributed by atoms with Gasteiger partial charge in [-0.25, -0.2) is 4.39 Å². The Morgan fingerprint density at radius 3 is 2.28 bits per heavy atom. The van der Waals surface area contributed by atoms with Gasteiger partial charge in [0.1, 0.15) is 5.82 Å². The zero-order chi connectivity index (χ0) is 13.3. The largest absolute Gasteiger partial charge is 0.259 e. The van der Waals surface area contributed by atoms with E-state index in [1.165, 1.54) is 25.0 Å². The number of benzene rings is 1. The topological polar surface area (TPSA) is 17.1 Å². The number of rotatable bonds is 4. The van der Waals surface area contributed by atoms with Crippen LogP contribution in [0.15, 0.2) is 24.3 Å². The van der Waals surface area contributed by atoms with E-state index in [1.807, 2.05) is 32.9 Å². The molecule has 0 heterocycles. The summed E-state index contributed by atoms with van der Waals surface area (Å²) in [6.07, 6.45) is 2.42. The predicted molar refractivity (Wildman–Crippen MR) is 74.6 cm³/mol. The van der Waals surface area contributed by atoms with Crippen LogP contribution in [0.4, 0.5) is 4.39 Å². The van der Waals surface area contributed by atoms with Gasteiger partial charge in [-0.2, -0.15) is 0 Å². The minimum absolute atomic E-state index is 0.173. The Balaban J connectivity index is 2.14. The van der Waals surface area contributed by atoms with E-state index in [-0.39, 0.29) is 10.6 Å². The maximum absolute atomic E-state index is 13.0. The standard InChI is InChI=1S/C15H21FOS/c1-15(2,3)18(17)10-14(11-4-5-11)12-6-8-13(16)9-7-12/h6-9,11,14H,4-5,10H2,1-3H3/t14?,18-/m1/s1. The van der Waals surface area contributed by atoms with Crippen molar-refractivity contribution in [3.63, 3.8) is 0 Å². The zero-order valence-electron chi connectivity index (χ0n) is 11.3. The Kier molecular flexibility index (Phi) is 3.90. The summed E-state index contributed by atoms with van der Waals surface area (Å²) in [5, 5.41) is 0. The summed E-state index contributed by atoms with van der Waals surface area (Å²) in [4.78, 5) is 0. The predicted octanol–water partition coefficient (Wildman–Crippen LogP) is 3.87. The highest BCUT2D eigenvalue weighted by Gasteiger charge is 2.35. The summed E-state index contributed by atoms with van der Waals surface area (Å²) in [6, 6.07) is 6.70. The Morgan fingerprint density at radius 2 is 1.83 bits per heavy atom. The van der Waals surface area contributed by atoms with Crippen molar-refractivity contribution in [2.24, 2.45) is 5.92 Å². The highest BCUT2D eigenvalue weighted by Crippen LogP contribution is 2.43. The van der Waals surface area contributed by atoms with Gasteiger partial charge in [0.25, 0.3) is 0 Å². The molecule has 0 saturated heterocycles. The van der Waals surface area contributed by atoms with Crippen molar-refractivity contribution in [2.45, 2.75) is 44.3 Å². The van der Waals surface area contributed by atoms with Gasteiger partial charge < -0.3 is 0 Å². The Bertz CT molecular complexity index is 429. The van der Waals surface area contributed by atoms with Crippen LogP contribution in [-0.2, 0) is 10.8 Å². The van der Waals surface area contributed by atoms with Gasteiger partial charge in [-0.15, -0.1) is 0 Å². The summed E-state index contributed by atoms with van der Waals surface area (Å²) in [5.74, 6) is 1.46. The summed E-state index contributed by atoms with van der Waals surface area (Å²) in [7, 11) is -0.848.